The van der Waals surface area contributed by atoms with Gasteiger partial charge in [0.2, 0.25) is 0 Å². The summed E-state index contributed by atoms with van der Waals surface area (Å²) in [4.78, 5) is 16.2. The Bertz CT molecular complexity index is 896. The summed E-state index contributed by atoms with van der Waals surface area (Å²) in [6.07, 6.45) is 1.98. The minimum absolute atomic E-state index is 0. The molecule has 0 fully saturated rings. The maximum atomic E-state index is 12.7. The van der Waals surface area contributed by atoms with Gasteiger partial charge in [0, 0.05) is 37.8 Å². The first-order chi connectivity index (χ1) is 15.5. The molecule has 0 atom stereocenters. The molecule has 0 heterocycles. The summed E-state index contributed by atoms with van der Waals surface area (Å²) in [6.45, 7) is 0.490. The number of carbonyl (C=O) groups excluding carboxylic acids is 1. The van der Waals surface area contributed by atoms with E-state index in [2.05, 4.69) is 32.6 Å². The number of nitrogens with zero attached hydrogens (tertiary/aromatic N) is 1. The molecule has 1 amide bonds. The van der Waals surface area contributed by atoms with Gasteiger partial charge in [-0.3, -0.25) is 9.79 Å². The van der Waals surface area contributed by atoms with Gasteiger partial charge < -0.3 is 25.4 Å². The van der Waals surface area contributed by atoms with E-state index >= 15 is 0 Å². The lowest BCUT2D eigenvalue weighted by atomic mass is 10.1. The molecule has 0 radical (unpaired) electrons. The van der Waals surface area contributed by atoms with Crippen LogP contribution in [-0.4, -0.2) is 39.2 Å². The van der Waals surface area contributed by atoms with E-state index in [1.807, 2.05) is 12.1 Å². The number of alkyl halides is 2. The summed E-state index contributed by atoms with van der Waals surface area (Å²) in [6, 6.07) is 11.9. The van der Waals surface area contributed by atoms with Gasteiger partial charge in [0.05, 0.1) is 7.11 Å². The van der Waals surface area contributed by atoms with Gasteiger partial charge in [-0.15, -0.1) is 24.0 Å². The van der Waals surface area contributed by atoms with Crippen molar-refractivity contribution in [3.63, 3.8) is 0 Å². The Morgan fingerprint density at radius 3 is 2.36 bits per heavy atom. The number of hydrogen-bond donors (Lipinski definition) is 3. The number of hydrogen-bond acceptors (Lipinski definition) is 4. The highest BCUT2D eigenvalue weighted by Crippen LogP contribution is 2.25. The van der Waals surface area contributed by atoms with Crippen LogP contribution in [0.2, 0.25) is 0 Å². The SMILES string of the molecule is CCCCNC(=O)c1ccc(CNC(=NC)NCc2cc(OC)ccc2OC(F)F)cc1.I. The maximum absolute atomic E-state index is 12.7. The molecule has 33 heavy (non-hydrogen) atoms. The van der Waals surface area contributed by atoms with Crippen molar-refractivity contribution in [1.29, 1.82) is 0 Å². The van der Waals surface area contributed by atoms with Gasteiger partial charge in [0.25, 0.3) is 5.91 Å². The lowest BCUT2D eigenvalue weighted by Crippen LogP contribution is -2.36. The lowest BCUT2D eigenvalue weighted by Gasteiger charge is -2.15. The predicted octanol–water partition coefficient (Wildman–Crippen LogP) is 4.31. The smallest absolute Gasteiger partial charge is 0.387 e. The fraction of sp³-hybridized carbons (Fsp3) is 0.391. The zero-order valence-electron chi connectivity index (χ0n) is 19.0. The highest BCUT2D eigenvalue weighted by molar-refractivity contribution is 14.0. The molecule has 2 aromatic rings. The zero-order chi connectivity index (χ0) is 23.3. The number of rotatable bonds is 11. The summed E-state index contributed by atoms with van der Waals surface area (Å²) >= 11 is 0. The van der Waals surface area contributed by atoms with E-state index in [0.717, 1.165) is 18.4 Å². The van der Waals surface area contributed by atoms with Gasteiger partial charge >= 0.3 is 6.61 Å². The topological polar surface area (TPSA) is 84.0 Å². The fourth-order valence-corrected chi connectivity index (χ4v) is 2.87. The van der Waals surface area contributed by atoms with Crippen molar-refractivity contribution in [1.82, 2.24) is 16.0 Å². The van der Waals surface area contributed by atoms with Crippen molar-refractivity contribution in [3.05, 3.63) is 59.2 Å². The summed E-state index contributed by atoms with van der Waals surface area (Å²) in [5.74, 6) is 0.995. The first-order valence-electron chi connectivity index (χ1n) is 10.4. The van der Waals surface area contributed by atoms with E-state index in [0.29, 0.717) is 35.9 Å². The predicted molar refractivity (Wildman–Crippen MR) is 136 cm³/mol. The van der Waals surface area contributed by atoms with Crippen LogP contribution < -0.4 is 25.4 Å². The van der Waals surface area contributed by atoms with E-state index in [1.54, 1.807) is 31.3 Å². The van der Waals surface area contributed by atoms with E-state index in [9.17, 15) is 13.6 Å². The Morgan fingerprint density at radius 1 is 1.06 bits per heavy atom. The van der Waals surface area contributed by atoms with Crippen LogP contribution in [0.15, 0.2) is 47.5 Å². The van der Waals surface area contributed by atoms with Crippen LogP contribution in [0.5, 0.6) is 11.5 Å². The van der Waals surface area contributed by atoms with Crippen LogP contribution in [-0.2, 0) is 13.1 Å². The standard InChI is InChI=1S/C23H30F2N4O3.HI/c1-4-5-12-27-21(30)17-8-6-16(7-9-17)14-28-23(26-2)29-15-18-13-19(31-3)10-11-20(18)32-22(24)25;/h6-11,13,22H,4-5,12,14-15H2,1-3H3,(H,27,30)(H2,26,28,29);1H. The highest BCUT2D eigenvalue weighted by atomic mass is 127. The third-order valence-electron chi connectivity index (χ3n) is 4.65. The molecule has 0 aliphatic heterocycles. The van der Waals surface area contributed by atoms with Gasteiger partial charge in [-0.05, 0) is 42.3 Å². The first-order valence-corrected chi connectivity index (χ1v) is 10.4. The van der Waals surface area contributed by atoms with Crippen LogP contribution in [0.1, 0.15) is 41.3 Å². The van der Waals surface area contributed by atoms with Gasteiger partial charge in [-0.1, -0.05) is 25.5 Å². The molecule has 0 aromatic heterocycles. The van der Waals surface area contributed by atoms with Crippen molar-refractivity contribution < 1.29 is 23.0 Å². The summed E-state index contributed by atoms with van der Waals surface area (Å²) in [5, 5.41) is 9.11. The van der Waals surface area contributed by atoms with Crippen molar-refractivity contribution in [3.8, 4) is 11.5 Å². The average Bonchev–Trinajstić information content (AvgIpc) is 2.80. The Hall–Kier alpha value is -2.63. The van der Waals surface area contributed by atoms with Crippen molar-refractivity contribution >= 4 is 35.8 Å². The molecule has 0 bridgehead atoms. The number of guanidine groups is 1. The molecular formula is C23H31F2IN4O3. The second-order valence-corrected chi connectivity index (χ2v) is 6.94. The minimum Gasteiger partial charge on any atom is -0.497 e. The number of unbranched alkanes of at least 4 members (excludes halogenated alkanes) is 1. The Morgan fingerprint density at radius 2 is 1.76 bits per heavy atom. The third-order valence-corrected chi connectivity index (χ3v) is 4.65. The summed E-state index contributed by atoms with van der Waals surface area (Å²) in [5.41, 5.74) is 2.07. The average molecular weight is 576 g/mol. The third kappa shape index (κ3) is 9.80. The largest absolute Gasteiger partial charge is 0.497 e. The highest BCUT2D eigenvalue weighted by Gasteiger charge is 2.12. The van der Waals surface area contributed by atoms with Crippen molar-refractivity contribution in [2.75, 3.05) is 20.7 Å². The van der Waals surface area contributed by atoms with E-state index in [1.165, 1.54) is 13.2 Å². The monoisotopic (exact) mass is 576 g/mol. The molecule has 182 valence electrons. The van der Waals surface area contributed by atoms with Crippen molar-refractivity contribution in [2.24, 2.45) is 4.99 Å². The van der Waals surface area contributed by atoms with Gasteiger partial charge in [0.15, 0.2) is 5.96 Å². The molecule has 0 spiro atoms. The van der Waals surface area contributed by atoms with Gasteiger partial charge in [0.1, 0.15) is 11.5 Å². The molecule has 0 saturated carbocycles. The maximum Gasteiger partial charge on any atom is 0.387 e. The lowest BCUT2D eigenvalue weighted by molar-refractivity contribution is -0.0505. The second kappa shape index (κ2) is 15.3. The number of benzene rings is 2. The number of halogens is 3. The first kappa shape index (κ1) is 28.4. The number of ether oxygens (including phenoxy) is 2. The molecule has 0 saturated heterocycles. The van der Waals surface area contributed by atoms with E-state index in [-0.39, 0.29) is 42.2 Å². The summed E-state index contributed by atoms with van der Waals surface area (Å²) in [7, 11) is 3.11. The number of nitrogens with one attached hydrogen (secondary N) is 3. The summed E-state index contributed by atoms with van der Waals surface area (Å²) < 4.78 is 35.1. The molecule has 7 nitrogen and oxygen atoms in total. The fourth-order valence-electron chi connectivity index (χ4n) is 2.87. The van der Waals surface area contributed by atoms with Crippen LogP contribution in [0.4, 0.5) is 8.78 Å². The quantitative estimate of drug-likeness (QED) is 0.161. The Balaban J connectivity index is 0.00000544. The number of methoxy groups -OCH3 is 1. The Kier molecular flexibility index (Phi) is 13.1. The molecule has 0 aliphatic carbocycles. The second-order valence-electron chi connectivity index (χ2n) is 6.94. The van der Waals surface area contributed by atoms with Crippen LogP contribution >= 0.6 is 24.0 Å². The van der Waals surface area contributed by atoms with Gasteiger partial charge in [-0.25, -0.2) is 0 Å². The molecule has 3 N–H and O–H groups in total. The molecule has 10 heteroatoms. The minimum atomic E-state index is -2.92. The number of aliphatic imine (C=N–C) groups is 1. The number of carbonyl (C=O) groups is 1. The zero-order valence-corrected chi connectivity index (χ0v) is 21.3. The Labute approximate surface area is 210 Å². The number of amides is 1. The van der Waals surface area contributed by atoms with Crippen LogP contribution in [0.3, 0.4) is 0 Å². The molecular weight excluding hydrogens is 545 g/mol. The normalized spacial score (nSPS) is 10.9. The van der Waals surface area contributed by atoms with E-state index < -0.39 is 6.61 Å². The molecule has 2 aromatic carbocycles. The molecule has 2 rings (SSSR count). The van der Waals surface area contributed by atoms with Crippen molar-refractivity contribution in [2.45, 2.75) is 39.5 Å². The van der Waals surface area contributed by atoms with Gasteiger partial charge in [-0.2, -0.15) is 8.78 Å². The van der Waals surface area contributed by atoms with E-state index in [4.69, 9.17) is 4.74 Å². The molecule has 0 aliphatic rings. The van der Waals surface area contributed by atoms with Crippen LogP contribution in [0.25, 0.3) is 0 Å². The molecule has 0 unspecified atom stereocenters. The van der Waals surface area contributed by atoms with Crippen LogP contribution in [0, 0.1) is 0 Å².